The third-order valence-corrected chi connectivity index (χ3v) is 6.47. The summed E-state index contributed by atoms with van der Waals surface area (Å²) < 4.78 is 32.3. The number of carbonyl (C=O) groups is 1. The van der Waals surface area contributed by atoms with Gasteiger partial charge in [-0.15, -0.1) is 10.2 Å². The Morgan fingerprint density at radius 3 is 2.57 bits per heavy atom. The van der Waals surface area contributed by atoms with Crippen molar-refractivity contribution in [1.82, 2.24) is 14.9 Å². The molecule has 0 radical (unpaired) electrons. The smallest absolute Gasteiger partial charge is 0.270 e. The highest BCUT2D eigenvalue weighted by Gasteiger charge is 2.21. The number of methoxy groups -OCH3 is 1. The zero-order valence-electron chi connectivity index (χ0n) is 14.5. The Balaban J connectivity index is 1.68. The number of carbonyl (C=O) groups excluding carboxylic acids is 1. The van der Waals surface area contributed by atoms with E-state index in [1.807, 2.05) is 0 Å². The molecule has 0 bridgehead atoms. The molecular weight excluding hydrogens is 424 g/mol. The summed E-state index contributed by atoms with van der Waals surface area (Å²) in [7, 11) is -2.39. The van der Waals surface area contributed by atoms with E-state index in [0.29, 0.717) is 21.9 Å². The maximum atomic E-state index is 12.4. The van der Waals surface area contributed by atoms with Gasteiger partial charge in [-0.1, -0.05) is 41.1 Å². The lowest BCUT2D eigenvalue weighted by Gasteiger charge is -2.08. The maximum absolute atomic E-state index is 12.4. The topological polar surface area (TPSA) is 110 Å². The molecule has 2 N–H and O–H groups in total. The second kappa shape index (κ2) is 8.65. The van der Waals surface area contributed by atoms with Crippen LogP contribution in [0.1, 0.15) is 15.9 Å². The molecular formula is C17H15ClN4O4S2. The number of para-hydroxylation sites is 1. The molecule has 0 atom stereocenters. The number of ether oxygens (including phenoxy) is 1. The van der Waals surface area contributed by atoms with Crippen molar-refractivity contribution in [2.75, 3.05) is 12.4 Å². The second-order valence-electron chi connectivity index (χ2n) is 5.47. The molecule has 0 aliphatic rings. The van der Waals surface area contributed by atoms with Crippen molar-refractivity contribution < 1.29 is 17.9 Å². The maximum Gasteiger partial charge on any atom is 0.270 e. The van der Waals surface area contributed by atoms with Crippen LogP contribution < -0.4 is 14.8 Å². The van der Waals surface area contributed by atoms with Gasteiger partial charge in [0.15, 0.2) is 0 Å². The molecule has 11 heteroatoms. The molecule has 3 rings (SSSR count). The first-order valence-corrected chi connectivity index (χ1v) is 10.6. The standard InChI is InChI=1S/C17H15ClN4O4S2/c1-26-14-5-3-2-4-12(14)10-19-28(24,25)17-22-21-16(27-17)20-15(23)11-6-8-13(18)9-7-11/h2-9,19H,10H2,1H3,(H,20,21,23). The van der Waals surface area contributed by atoms with E-state index in [4.69, 9.17) is 16.3 Å². The van der Waals surface area contributed by atoms with Gasteiger partial charge in [-0.25, -0.2) is 13.1 Å². The Hall–Kier alpha value is -2.53. The third-order valence-electron chi connectivity index (χ3n) is 3.61. The normalized spacial score (nSPS) is 11.2. The second-order valence-corrected chi connectivity index (χ2v) is 8.83. The molecule has 1 heterocycles. The molecule has 1 amide bonds. The van der Waals surface area contributed by atoms with Crippen molar-refractivity contribution in [2.24, 2.45) is 0 Å². The van der Waals surface area contributed by atoms with Crippen LogP contribution in [-0.2, 0) is 16.6 Å². The quantitative estimate of drug-likeness (QED) is 0.549. The number of aromatic nitrogens is 2. The molecule has 0 saturated heterocycles. The summed E-state index contributed by atoms with van der Waals surface area (Å²) in [6.45, 7) is 0.0262. The molecule has 0 saturated carbocycles. The van der Waals surface area contributed by atoms with Gasteiger partial charge in [0, 0.05) is 22.7 Å². The van der Waals surface area contributed by atoms with E-state index < -0.39 is 15.9 Å². The van der Waals surface area contributed by atoms with Gasteiger partial charge in [0.05, 0.1) is 7.11 Å². The number of anilines is 1. The van der Waals surface area contributed by atoms with E-state index in [0.717, 1.165) is 11.3 Å². The average Bonchev–Trinajstić information content (AvgIpc) is 3.16. The predicted molar refractivity (Wildman–Crippen MR) is 106 cm³/mol. The zero-order chi connectivity index (χ0) is 20.1. The fourth-order valence-electron chi connectivity index (χ4n) is 2.22. The Kier molecular flexibility index (Phi) is 6.25. The van der Waals surface area contributed by atoms with Crippen LogP contribution in [0.4, 0.5) is 5.13 Å². The number of hydrogen-bond donors (Lipinski definition) is 2. The van der Waals surface area contributed by atoms with Crippen LogP contribution in [0.25, 0.3) is 0 Å². The Bertz CT molecular complexity index is 1080. The van der Waals surface area contributed by atoms with E-state index in [1.165, 1.54) is 7.11 Å². The van der Waals surface area contributed by atoms with Gasteiger partial charge in [0.1, 0.15) is 5.75 Å². The molecule has 2 aromatic carbocycles. The lowest BCUT2D eigenvalue weighted by molar-refractivity contribution is 0.102. The van der Waals surface area contributed by atoms with Crippen LogP contribution in [0.2, 0.25) is 5.02 Å². The van der Waals surface area contributed by atoms with E-state index in [9.17, 15) is 13.2 Å². The third kappa shape index (κ3) is 4.84. The van der Waals surface area contributed by atoms with E-state index in [-0.39, 0.29) is 16.0 Å². The molecule has 8 nitrogen and oxygen atoms in total. The summed E-state index contributed by atoms with van der Waals surface area (Å²) in [5.74, 6) is 0.122. The highest BCUT2D eigenvalue weighted by Crippen LogP contribution is 2.22. The fraction of sp³-hybridized carbons (Fsp3) is 0.118. The van der Waals surface area contributed by atoms with E-state index in [2.05, 4.69) is 20.2 Å². The van der Waals surface area contributed by atoms with Crippen molar-refractivity contribution in [2.45, 2.75) is 10.9 Å². The highest BCUT2D eigenvalue weighted by molar-refractivity contribution is 7.91. The monoisotopic (exact) mass is 438 g/mol. The van der Waals surface area contributed by atoms with Crippen molar-refractivity contribution in [3.05, 3.63) is 64.7 Å². The van der Waals surface area contributed by atoms with Crippen molar-refractivity contribution >= 4 is 44.0 Å². The van der Waals surface area contributed by atoms with Gasteiger partial charge in [-0.2, -0.15) is 0 Å². The lowest BCUT2D eigenvalue weighted by atomic mass is 10.2. The van der Waals surface area contributed by atoms with Gasteiger partial charge in [0.25, 0.3) is 15.9 Å². The summed E-state index contributed by atoms with van der Waals surface area (Å²) in [6, 6.07) is 13.3. The first kappa shape index (κ1) is 20.2. The molecule has 0 aliphatic heterocycles. The van der Waals surface area contributed by atoms with E-state index in [1.54, 1.807) is 48.5 Å². The molecule has 0 unspecified atom stereocenters. The Morgan fingerprint density at radius 1 is 1.14 bits per heavy atom. The minimum Gasteiger partial charge on any atom is -0.496 e. The Labute approximate surface area is 170 Å². The SMILES string of the molecule is COc1ccccc1CNS(=O)(=O)c1nnc(NC(=O)c2ccc(Cl)cc2)s1. The minimum absolute atomic E-state index is 0.0262. The van der Waals surface area contributed by atoms with Gasteiger partial charge in [0.2, 0.25) is 9.47 Å². The van der Waals surface area contributed by atoms with Crippen LogP contribution >= 0.6 is 22.9 Å². The number of nitrogens with one attached hydrogen (secondary N) is 2. The molecule has 28 heavy (non-hydrogen) atoms. The number of hydrogen-bond acceptors (Lipinski definition) is 7. The molecule has 146 valence electrons. The largest absolute Gasteiger partial charge is 0.496 e. The summed E-state index contributed by atoms with van der Waals surface area (Å²) in [4.78, 5) is 12.2. The first-order valence-electron chi connectivity index (χ1n) is 7.91. The average molecular weight is 439 g/mol. The van der Waals surface area contributed by atoms with Crippen molar-refractivity contribution in [3.63, 3.8) is 0 Å². The first-order chi connectivity index (χ1) is 13.4. The summed E-state index contributed by atoms with van der Waals surface area (Å²) in [6.07, 6.45) is 0. The summed E-state index contributed by atoms with van der Waals surface area (Å²) >= 11 is 6.54. The number of halogens is 1. The number of rotatable bonds is 7. The number of benzene rings is 2. The molecule has 0 spiro atoms. The van der Waals surface area contributed by atoms with Crippen LogP contribution in [-0.4, -0.2) is 31.6 Å². The Morgan fingerprint density at radius 2 is 1.86 bits per heavy atom. The minimum atomic E-state index is -3.90. The predicted octanol–water partition coefficient (Wildman–Crippen LogP) is 2.93. The van der Waals surface area contributed by atoms with Crippen LogP contribution in [0.15, 0.2) is 52.9 Å². The number of sulfonamides is 1. The lowest BCUT2D eigenvalue weighted by Crippen LogP contribution is -2.23. The molecule has 1 aromatic heterocycles. The summed E-state index contributed by atoms with van der Waals surface area (Å²) in [5.41, 5.74) is 1.03. The highest BCUT2D eigenvalue weighted by atomic mass is 35.5. The van der Waals surface area contributed by atoms with Crippen LogP contribution in [0, 0.1) is 0 Å². The van der Waals surface area contributed by atoms with E-state index >= 15 is 0 Å². The van der Waals surface area contributed by atoms with Crippen LogP contribution in [0.5, 0.6) is 5.75 Å². The van der Waals surface area contributed by atoms with Gasteiger partial charge in [-0.3, -0.25) is 10.1 Å². The van der Waals surface area contributed by atoms with Gasteiger partial charge >= 0.3 is 0 Å². The van der Waals surface area contributed by atoms with Gasteiger partial charge in [-0.05, 0) is 30.3 Å². The molecule has 0 aliphatic carbocycles. The number of nitrogens with zero attached hydrogens (tertiary/aromatic N) is 2. The number of amides is 1. The molecule has 0 fully saturated rings. The van der Waals surface area contributed by atoms with Crippen LogP contribution in [0.3, 0.4) is 0 Å². The molecule has 3 aromatic rings. The fourth-order valence-corrected chi connectivity index (χ4v) is 4.29. The van der Waals surface area contributed by atoms with Crippen molar-refractivity contribution in [1.29, 1.82) is 0 Å². The van der Waals surface area contributed by atoms with Crippen molar-refractivity contribution in [3.8, 4) is 5.75 Å². The summed E-state index contributed by atoms with van der Waals surface area (Å²) in [5, 5.41) is 10.5. The zero-order valence-corrected chi connectivity index (χ0v) is 16.9. The van der Waals surface area contributed by atoms with Gasteiger partial charge < -0.3 is 4.74 Å².